The van der Waals surface area contributed by atoms with Crippen molar-refractivity contribution in [1.29, 1.82) is 0 Å². The van der Waals surface area contributed by atoms with Crippen molar-refractivity contribution in [3.05, 3.63) is 22.4 Å². The molecule has 1 aliphatic carbocycles. The van der Waals surface area contributed by atoms with E-state index in [4.69, 9.17) is 5.11 Å². The van der Waals surface area contributed by atoms with Crippen LogP contribution in [0.4, 0.5) is 0 Å². The van der Waals surface area contributed by atoms with Crippen LogP contribution in [0.2, 0.25) is 0 Å². The molecule has 1 aromatic heterocycles. The van der Waals surface area contributed by atoms with Crippen LogP contribution in [0.5, 0.6) is 0 Å². The van der Waals surface area contributed by atoms with Gasteiger partial charge in [-0.1, -0.05) is 6.07 Å². The summed E-state index contributed by atoms with van der Waals surface area (Å²) < 4.78 is 0. The number of carboxylic acids is 1. The number of hydrogen-bond acceptors (Lipinski definition) is 4. The maximum absolute atomic E-state index is 11.7. The molecular formula is C14H18N2O4S. The van der Waals surface area contributed by atoms with Gasteiger partial charge in [-0.25, -0.2) is 0 Å². The Labute approximate surface area is 126 Å². The maximum atomic E-state index is 11.7. The summed E-state index contributed by atoms with van der Waals surface area (Å²) in [5.41, 5.74) is 0. The summed E-state index contributed by atoms with van der Waals surface area (Å²) in [6.07, 6.45) is 1.99. The summed E-state index contributed by atoms with van der Waals surface area (Å²) in [5.74, 6) is -1.48. The van der Waals surface area contributed by atoms with Crippen molar-refractivity contribution in [1.82, 2.24) is 10.6 Å². The van der Waals surface area contributed by atoms with E-state index in [2.05, 4.69) is 10.6 Å². The molecule has 1 heterocycles. The first kappa shape index (κ1) is 15.5. The number of carbonyl (C=O) groups excluding carboxylic acids is 2. The van der Waals surface area contributed by atoms with Gasteiger partial charge in [0.25, 0.3) is 5.91 Å². The first-order chi connectivity index (χ1) is 10.1. The Morgan fingerprint density at radius 1 is 1.33 bits per heavy atom. The van der Waals surface area contributed by atoms with E-state index in [0.717, 1.165) is 0 Å². The van der Waals surface area contributed by atoms with Gasteiger partial charge in [0.2, 0.25) is 5.91 Å². The van der Waals surface area contributed by atoms with Gasteiger partial charge in [0, 0.05) is 19.0 Å². The van der Waals surface area contributed by atoms with Crippen molar-refractivity contribution >= 4 is 29.1 Å². The third-order valence-electron chi connectivity index (χ3n) is 3.53. The smallest absolute Gasteiger partial charge is 0.306 e. The van der Waals surface area contributed by atoms with Gasteiger partial charge in [0.1, 0.15) is 0 Å². The van der Waals surface area contributed by atoms with Crippen LogP contribution in [0.15, 0.2) is 17.5 Å². The normalized spacial score (nSPS) is 21.0. The summed E-state index contributed by atoms with van der Waals surface area (Å²) in [4.78, 5) is 34.8. The first-order valence-electron chi connectivity index (χ1n) is 6.90. The van der Waals surface area contributed by atoms with Crippen LogP contribution in [-0.2, 0) is 9.59 Å². The molecule has 0 unspecified atom stereocenters. The maximum Gasteiger partial charge on any atom is 0.306 e. The molecule has 0 aromatic carbocycles. The molecule has 0 spiro atoms. The topological polar surface area (TPSA) is 95.5 Å². The molecule has 1 aliphatic rings. The van der Waals surface area contributed by atoms with E-state index in [0.29, 0.717) is 24.1 Å². The second-order valence-electron chi connectivity index (χ2n) is 5.10. The predicted octanol–water partition coefficient (Wildman–Crippen LogP) is 1.24. The number of hydrogen-bond donors (Lipinski definition) is 3. The van der Waals surface area contributed by atoms with Gasteiger partial charge in [-0.3, -0.25) is 14.4 Å². The van der Waals surface area contributed by atoms with Crippen LogP contribution in [0.25, 0.3) is 0 Å². The molecule has 1 saturated carbocycles. The fraction of sp³-hybridized carbons (Fsp3) is 0.500. The monoisotopic (exact) mass is 310 g/mol. The molecular weight excluding hydrogens is 292 g/mol. The molecule has 3 N–H and O–H groups in total. The molecule has 1 aromatic rings. The van der Waals surface area contributed by atoms with Crippen LogP contribution in [0.3, 0.4) is 0 Å². The van der Waals surface area contributed by atoms with Crippen LogP contribution in [-0.4, -0.2) is 35.5 Å². The van der Waals surface area contributed by atoms with Gasteiger partial charge < -0.3 is 15.7 Å². The molecule has 0 saturated heterocycles. The number of thiophene rings is 1. The number of rotatable bonds is 6. The quantitative estimate of drug-likeness (QED) is 0.736. The van der Waals surface area contributed by atoms with E-state index in [-0.39, 0.29) is 36.7 Å². The zero-order chi connectivity index (χ0) is 15.2. The van der Waals surface area contributed by atoms with Crippen molar-refractivity contribution in [2.45, 2.75) is 31.7 Å². The molecule has 2 amide bonds. The highest BCUT2D eigenvalue weighted by Gasteiger charge is 2.30. The summed E-state index contributed by atoms with van der Waals surface area (Å²) in [6.45, 7) is 0.275. The van der Waals surface area contributed by atoms with E-state index in [1.807, 2.05) is 5.38 Å². The second-order valence-corrected chi connectivity index (χ2v) is 6.04. The summed E-state index contributed by atoms with van der Waals surface area (Å²) >= 11 is 1.35. The largest absolute Gasteiger partial charge is 0.481 e. The molecule has 2 rings (SSSR count). The van der Waals surface area contributed by atoms with E-state index in [1.165, 1.54) is 11.3 Å². The van der Waals surface area contributed by atoms with Gasteiger partial charge >= 0.3 is 5.97 Å². The number of aliphatic carboxylic acids is 1. The minimum absolute atomic E-state index is 0.0633. The fourth-order valence-electron chi connectivity index (χ4n) is 2.42. The Balaban J connectivity index is 1.64. The Morgan fingerprint density at radius 3 is 2.76 bits per heavy atom. The molecule has 7 heteroatoms. The highest BCUT2D eigenvalue weighted by atomic mass is 32.1. The lowest BCUT2D eigenvalue weighted by molar-refractivity contribution is -0.141. The van der Waals surface area contributed by atoms with Gasteiger partial charge in [-0.05, 0) is 30.7 Å². The van der Waals surface area contributed by atoms with Crippen LogP contribution in [0.1, 0.15) is 35.4 Å². The van der Waals surface area contributed by atoms with E-state index < -0.39 is 5.97 Å². The molecule has 21 heavy (non-hydrogen) atoms. The standard InChI is InChI=1S/C14H18N2O4S/c17-12(16-10-4-3-9(8-10)14(19)20)5-6-15-13(18)11-2-1-7-21-11/h1-2,7,9-10H,3-6,8H2,(H,15,18)(H,16,17)(H,19,20)/t9-,10+/m0/s1. The molecule has 0 aliphatic heterocycles. The van der Waals surface area contributed by atoms with E-state index >= 15 is 0 Å². The first-order valence-corrected chi connectivity index (χ1v) is 7.78. The number of carboxylic acid groups (broad SMARTS) is 1. The fourth-order valence-corrected chi connectivity index (χ4v) is 3.06. The zero-order valence-electron chi connectivity index (χ0n) is 11.5. The molecule has 6 nitrogen and oxygen atoms in total. The highest BCUT2D eigenvalue weighted by molar-refractivity contribution is 7.12. The van der Waals surface area contributed by atoms with Gasteiger partial charge in [0.15, 0.2) is 0 Å². The van der Waals surface area contributed by atoms with Crippen molar-refractivity contribution in [3.63, 3.8) is 0 Å². The Kier molecular flexibility index (Phi) is 5.32. The SMILES string of the molecule is O=C(CCNC(=O)c1cccs1)N[C@@H]1CC[C@H](C(=O)O)C1. The Morgan fingerprint density at radius 2 is 2.14 bits per heavy atom. The zero-order valence-corrected chi connectivity index (χ0v) is 12.3. The summed E-state index contributed by atoms with van der Waals surface area (Å²) in [7, 11) is 0. The highest BCUT2D eigenvalue weighted by Crippen LogP contribution is 2.25. The number of nitrogens with one attached hydrogen (secondary N) is 2. The molecule has 2 atom stereocenters. The van der Waals surface area contributed by atoms with Crippen LogP contribution >= 0.6 is 11.3 Å². The van der Waals surface area contributed by atoms with Crippen molar-refractivity contribution in [3.8, 4) is 0 Å². The van der Waals surface area contributed by atoms with Crippen LogP contribution in [0, 0.1) is 5.92 Å². The third kappa shape index (κ3) is 4.56. The molecule has 114 valence electrons. The predicted molar refractivity (Wildman–Crippen MR) is 78.2 cm³/mol. The molecule has 0 radical (unpaired) electrons. The lowest BCUT2D eigenvalue weighted by atomic mass is 10.1. The minimum Gasteiger partial charge on any atom is -0.481 e. The minimum atomic E-state index is -0.796. The number of carbonyl (C=O) groups is 3. The van der Waals surface area contributed by atoms with Gasteiger partial charge in [0.05, 0.1) is 10.8 Å². The summed E-state index contributed by atoms with van der Waals surface area (Å²) in [5, 5.41) is 16.2. The van der Waals surface area contributed by atoms with Crippen molar-refractivity contribution < 1.29 is 19.5 Å². The Hall–Kier alpha value is -1.89. The molecule has 0 bridgehead atoms. The van der Waals surface area contributed by atoms with Crippen molar-refractivity contribution in [2.24, 2.45) is 5.92 Å². The average molecular weight is 310 g/mol. The van der Waals surface area contributed by atoms with Gasteiger partial charge in [-0.2, -0.15) is 0 Å². The van der Waals surface area contributed by atoms with E-state index in [1.54, 1.807) is 12.1 Å². The van der Waals surface area contributed by atoms with Gasteiger partial charge in [-0.15, -0.1) is 11.3 Å². The lowest BCUT2D eigenvalue weighted by Gasteiger charge is -2.12. The second kappa shape index (κ2) is 7.21. The van der Waals surface area contributed by atoms with Crippen LogP contribution < -0.4 is 10.6 Å². The number of amides is 2. The lowest BCUT2D eigenvalue weighted by Crippen LogP contribution is -2.36. The average Bonchev–Trinajstić information content (AvgIpc) is 3.09. The molecule has 1 fully saturated rings. The summed E-state index contributed by atoms with van der Waals surface area (Å²) in [6, 6.07) is 3.46. The van der Waals surface area contributed by atoms with Crippen molar-refractivity contribution in [2.75, 3.05) is 6.54 Å². The third-order valence-corrected chi connectivity index (χ3v) is 4.40. The van der Waals surface area contributed by atoms with E-state index in [9.17, 15) is 14.4 Å². The Bertz CT molecular complexity index is 515.